The zero-order chi connectivity index (χ0) is 22.0. The normalized spacial score (nSPS) is 45.9. The third kappa shape index (κ3) is 1.82. The van der Waals surface area contributed by atoms with Crippen molar-refractivity contribution in [1.29, 1.82) is 0 Å². The van der Waals surface area contributed by atoms with Gasteiger partial charge in [0.15, 0.2) is 11.5 Å². The molecular weight excluding hydrogens is 390 g/mol. The Balaban J connectivity index is 1.71. The number of phenolic OH excluding ortho intramolecular Hbond substituents is 1. The average Bonchev–Trinajstić information content (AvgIpc) is 3.03. The highest BCUT2D eigenvalue weighted by molar-refractivity contribution is 5.67. The van der Waals surface area contributed by atoms with Gasteiger partial charge >= 0.3 is 0 Å². The van der Waals surface area contributed by atoms with Gasteiger partial charge in [-0.3, -0.25) is 0 Å². The van der Waals surface area contributed by atoms with Crippen LogP contribution in [-0.2, 0) is 16.6 Å². The largest absolute Gasteiger partial charge is 0.504 e. The van der Waals surface area contributed by atoms with Gasteiger partial charge in [-0.05, 0) is 64.8 Å². The summed E-state index contributed by atoms with van der Waals surface area (Å²) in [4.78, 5) is 2.51. The van der Waals surface area contributed by atoms with Gasteiger partial charge < -0.3 is 24.6 Å². The predicted molar refractivity (Wildman–Crippen MR) is 119 cm³/mol. The third-order valence-electron chi connectivity index (χ3n) is 10.2. The molecular formula is C26H35NO4. The number of benzene rings is 1. The fourth-order valence-corrected chi connectivity index (χ4v) is 9.06. The molecule has 0 amide bonds. The number of aromatic hydroxyl groups is 1. The molecule has 0 radical (unpaired) electrons. The quantitative estimate of drug-likeness (QED) is 0.723. The molecule has 5 nitrogen and oxygen atoms in total. The molecule has 2 fully saturated rings. The van der Waals surface area contributed by atoms with E-state index in [9.17, 15) is 10.2 Å². The van der Waals surface area contributed by atoms with E-state index >= 15 is 0 Å². The van der Waals surface area contributed by atoms with E-state index in [1.807, 2.05) is 6.92 Å². The topological polar surface area (TPSA) is 62.2 Å². The first kappa shape index (κ1) is 20.1. The van der Waals surface area contributed by atoms with Crippen LogP contribution in [0, 0.1) is 11.3 Å². The van der Waals surface area contributed by atoms with Gasteiger partial charge in [0.25, 0.3) is 0 Å². The fraction of sp³-hybridized carbons (Fsp3) is 0.692. The lowest BCUT2D eigenvalue weighted by atomic mass is 9.32. The minimum atomic E-state index is -0.875. The van der Waals surface area contributed by atoms with Crippen LogP contribution in [0.5, 0.6) is 11.5 Å². The summed E-state index contributed by atoms with van der Waals surface area (Å²) in [6.07, 6.45) is 9.04. The summed E-state index contributed by atoms with van der Waals surface area (Å²) in [5, 5.41) is 22.7. The Morgan fingerprint density at radius 1 is 1.32 bits per heavy atom. The molecule has 4 aliphatic carbocycles. The van der Waals surface area contributed by atoms with Crippen LogP contribution in [0.3, 0.4) is 0 Å². The third-order valence-corrected chi connectivity index (χ3v) is 10.2. The highest BCUT2D eigenvalue weighted by Crippen LogP contribution is 2.79. The number of nitrogens with zero attached hydrogens (tertiary/aromatic N) is 1. The van der Waals surface area contributed by atoms with Gasteiger partial charge in [0.2, 0.25) is 0 Å². The summed E-state index contributed by atoms with van der Waals surface area (Å²) >= 11 is 0. The number of hydrogen-bond acceptors (Lipinski definition) is 5. The highest BCUT2D eigenvalue weighted by Gasteiger charge is 2.85. The van der Waals surface area contributed by atoms with E-state index in [-0.39, 0.29) is 22.5 Å². The number of likely N-dealkylation sites (N-methyl/N-ethyl adjacent to an activating group) is 1. The Morgan fingerprint density at radius 3 is 2.81 bits per heavy atom. The van der Waals surface area contributed by atoms with Gasteiger partial charge in [0.1, 0.15) is 11.2 Å². The lowest BCUT2D eigenvalue weighted by molar-refractivity contribution is -0.286. The Kier molecular flexibility index (Phi) is 3.67. The van der Waals surface area contributed by atoms with Crippen LogP contribution in [0.2, 0.25) is 0 Å². The van der Waals surface area contributed by atoms with Crippen LogP contribution in [0.4, 0.5) is 0 Å². The van der Waals surface area contributed by atoms with Crippen molar-refractivity contribution in [2.75, 3.05) is 20.7 Å². The molecule has 7 rings (SSSR count). The van der Waals surface area contributed by atoms with Gasteiger partial charge in [0.05, 0.1) is 11.0 Å². The molecule has 0 aromatic heterocycles. The van der Waals surface area contributed by atoms with Crippen LogP contribution in [0.1, 0.15) is 57.6 Å². The molecule has 6 aliphatic rings. The minimum absolute atomic E-state index is 0.0971. The SMILES string of the molecule is CCC[C@](C)(O)[C@@H]1C[C@@]23C=C[C@@]1(OC)[C@@]1(C)Oc4c(O)ccc5c4[C@@]12CCN(C)[C@H]3C5. The summed E-state index contributed by atoms with van der Waals surface area (Å²) in [5.41, 5.74) is -0.290. The first-order chi connectivity index (χ1) is 14.6. The van der Waals surface area contributed by atoms with Crippen LogP contribution in [-0.4, -0.2) is 58.7 Å². The molecule has 1 saturated heterocycles. The molecule has 168 valence electrons. The summed E-state index contributed by atoms with van der Waals surface area (Å²) in [5.74, 6) is 0.771. The maximum atomic E-state index is 11.8. The van der Waals surface area contributed by atoms with E-state index < -0.39 is 16.8 Å². The Bertz CT molecular complexity index is 1000. The Morgan fingerprint density at radius 2 is 2.10 bits per heavy atom. The van der Waals surface area contributed by atoms with Gasteiger partial charge in [-0.2, -0.15) is 0 Å². The smallest absolute Gasteiger partial charge is 0.166 e. The van der Waals surface area contributed by atoms with Crippen LogP contribution < -0.4 is 4.74 Å². The molecule has 7 atom stereocenters. The number of fused-ring (bicyclic) bond motifs is 1. The fourth-order valence-electron chi connectivity index (χ4n) is 9.06. The van der Waals surface area contributed by atoms with Crippen LogP contribution in [0.15, 0.2) is 24.3 Å². The summed E-state index contributed by atoms with van der Waals surface area (Å²) in [6, 6.07) is 4.22. The number of aliphatic hydroxyl groups is 1. The van der Waals surface area contributed by atoms with E-state index in [2.05, 4.69) is 44.0 Å². The van der Waals surface area contributed by atoms with Gasteiger partial charge in [0, 0.05) is 30.0 Å². The second-order valence-corrected chi connectivity index (χ2v) is 11.2. The van der Waals surface area contributed by atoms with Crippen molar-refractivity contribution in [2.24, 2.45) is 11.3 Å². The monoisotopic (exact) mass is 425 g/mol. The van der Waals surface area contributed by atoms with Crippen molar-refractivity contribution < 1.29 is 19.7 Å². The highest BCUT2D eigenvalue weighted by atomic mass is 16.6. The summed E-state index contributed by atoms with van der Waals surface area (Å²) in [6.45, 7) is 7.29. The summed E-state index contributed by atoms with van der Waals surface area (Å²) in [7, 11) is 4.01. The molecule has 0 unspecified atom stereocenters. The molecule has 2 N–H and O–H groups in total. The van der Waals surface area contributed by atoms with Crippen molar-refractivity contribution in [2.45, 2.75) is 81.1 Å². The van der Waals surface area contributed by atoms with Gasteiger partial charge in [-0.15, -0.1) is 0 Å². The lowest BCUT2D eigenvalue weighted by Crippen LogP contribution is -2.85. The maximum Gasteiger partial charge on any atom is 0.166 e. The number of methoxy groups -OCH3 is 1. The second kappa shape index (κ2) is 5.67. The van der Waals surface area contributed by atoms with E-state index in [1.54, 1.807) is 13.2 Å². The van der Waals surface area contributed by atoms with Crippen molar-refractivity contribution in [1.82, 2.24) is 4.90 Å². The molecule has 2 spiro atoms. The molecule has 4 bridgehead atoms. The van der Waals surface area contributed by atoms with Crippen molar-refractivity contribution in [3.05, 3.63) is 35.4 Å². The van der Waals surface area contributed by atoms with Crippen molar-refractivity contribution >= 4 is 0 Å². The Hall–Kier alpha value is -1.56. The number of likely N-dealkylation sites (tertiary alicyclic amines) is 1. The van der Waals surface area contributed by atoms with Crippen LogP contribution in [0.25, 0.3) is 0 Å². The summed E-state index contributed by atoms with van der Waals surface area (Å²) < 4.78 is 13.4. The number of ether oxygens (including phenoxy) is 2. The maximum absolute atomic E-state index is 11.8. The molecule has 5 heteroatoms. The van der Waals surface area contributed by atoms with E-state index in [0.717, 1.165) is 38.6 Å². The zero-order valence-corrected chi connectivity index (χ0v) is 19.4. The van der Waals surface area contributed by atoms with E-state index in [4.69, 9.17) is 9.47 Å². The molecule has 31 heavy (non-hydrogen) atoms. The number of hydrogen-bond donors (Lipinski definition) is 2. The number of rotatable bonds is 4. The standard InChI is InChI=1S/C26H35NO4/c1-6-9-22(2,29)18-15-24-10-11-26(18,30-5)23(3)25(24)12-13-27(4)19(24)14-16-7-8-17(28)21(31-23)20(16)25/h7-8,10-11,18-19,28-29H,6,9,12-15H2,1-5H3/t18-,19-,22-,23-,24+,25-,26-/m0/s1. The Labute approximate surface area is 185 Å². The molecule has 1 aromatic carbocycles. The number of phenols is 1. The van der Waals surface area contributed by atoms with Gasteiger partial charge in [-0.25, -0.2) is 0 Å². The van der Waals surface area contributed by atoms with Gasteiger partial charge in [-0.1, -0.05) is 31.6 Å². The lowest BCUT2D eigenvalue weighted by Gasteiger charge is -2.75. The molecule has 1 aromatic rings. The molecule has 2 heterocycles. The van der Waals surface area contributed by atoms with E-state index in [0.29, 0.717) is 11.8 Å². The van der Waals surface area contributed by atoms with Crippen LogP contribution >= 0.6 is 0 Å². The first-order valence-electron chi connectivity index (χ1n) is 11.9. The van der Waals surface area contributed by atoms with E-state index in [1.165, 1.54) is 11.1 Å². The average molecular weight is 426 g/mol. The van der Waals surface area contributed by atoms with Crippen molar-refractivity contribution in [3.8, 4) is 11.5 Å². The second-order valence-electron chi connectivity index (χ2n) is 11.2. The molecule has 2 aliphatic heterocycles. The number of piperidine rings is 1. The zero-order valence-electron chi connectivity index (χ0n) is 19.4. The minimum Gasteiger partial charge on any atom is -0.504 e. The predicted octanol–water partition coefficient (Wildman–Crippen LogP) is 3.55. The molecule has 1 saturated carbocycles. The first-order valence-corrected chi connectivity index (χ1v) is 11.9. The van der Waals surface area contributed by atoms with Crippen molar-refractivity contribution in [3.63, 3.8) is 0 Å².